The van der Waals surface area contributed by atoms with E-state index in [0.717, 1.165) is 11.4 Å². The quantitative estimate of drug-likeness (QED) is 0.254. The summed E-state index contributed by atoms with van der Waals surface area (Å²) in [6.07, 6.45) is 0. The topological polar surface area (TPSA) is 12.0 Å². The van der Waals surface area contributed by atoms with Gasteiger partial charge in [-0.1, -0.05) is 127 Å². The Balaban J connectivity index is 1.35. The molecule has 0 aromatic heterocycles. The molecule has 0 atom stereocenters. The smallest absolute Gasteiger partial charge is 0.0464 e. The highest BCUT2D eigenvalue weighted by molar-refractivity contribution is 5.86. The molecule has 6 aromatic carbocycles. The zero-order valence-electron chi connectivity index (χ0n) is 20.5. The molecule has 0 bridgehead atoms. The van der Waals surface area contributed by atoms with Gasteiger partial charge in [0.25, 0.3) is 0 Å². The monoisotopic (exact) mass is 473 g/mol. The minimum Gasteiger partial charge on any atom is -0.355 e. The van der Waals surface area contributed by atoms with Gasteiger partial charge < -0.3 is 5.32 Å². The molecule has 0 fully saturated rings. The van der Waals surface area contributed by atoms with Crippen LogP contribution in [0.2, 0.25) is 0 Å². The van der Waals surface area contributed by atoms with Gasteiger partial charge in [-0.05, 0) is 69.3 Å². The SMILES string of the molecule is c1ccc(-c2ccc(Nc3ccc(-c4cccc(-c5ccccc5)c4)cc3-c3ccccc3)cc2)cc1. The van der Waals surface area contributed by atoms with Gasteiger partial charge in [0.2, 0.25) is 0 Å². The van der Waals surface area contributed by atoms with Gasteiger partial charge in [0.1, 0.15) is 0 Å². The Kier molecular flexibility index (Phi) is 6.34. The van der Waals surface area contributed by atoms with Gasteiger partial charge in [-0.25, -0.2) is 0 Å². The molecular formula is C36H27N. The summed E-state index contributed by atoms with van der Waals surface area (Å²) in [4.78, 5) is 0. The molecule has 6 aromatic rings. The third-order valence-electron chi connectivity index (χ3n) is 6.68. The number of hydrogen-bond donors (Lipinski definition) is 1. The van der Waals surface area contributed by atoms with Crippen LogP contribution in [0.25, 0.3) is 44.5 Å². The average Bonchev–Trinajstić information content (AvgIpc) is 2.99. The normalized spacial score (nSPS) is 10.7. The van der Waals surface area contributed by atoms with Gasteiger partial charge in [-0.15, -0.1) is 0 Å². The summed E-state index contributed by atoms with van der Waals surface area (Å²) < 4.78 is 0. The molecule has 0 amide bonds. The molecule has 0 radical (unpaired) electrons. The van der Waals surface area contributed by atoms with E-state index in [4.69, 9.17) is 0 Å². The van der Waals surface area contributed by atoms with Crippen LogP contribution >= 0.6 is 0 Å². The van der Waals surface area contributed by atoms with Crippen molar-refractivity contribution in [1.29, 1.82) is 0 Å². The van der Waals surface area contributed by atoms with Crippen LogP contribution in [-0.4, -0.2) is 0 Å². The molecule has 6 rings (SSSR count). The van der Waals surface area contributed by atoms with Crippen LogP contribution in [0, 0.1) is 0 Å². The van der Waals surface area contributed by atoms with Crippen LogP contribution in [0.4, 0.5) is 11.4 Å². The summed E-state index contributed by atoms with van der Waals surface area (Å²) in [5.41, 5.74) is 11.8. The van der Waals surface area contributed by atoms with Crippen molar-refractivity contribution >= 4 is 11.4 Å². The second-order valence-corrected chi connectivity index (χ2v) is 9.14. The Bertz CT molecular complexity index is 1600. The number of benzene rings is 6. The van der Waals surface area contributed by atoms with E-state index in [9.17, 15) is 0 Å². The summed E-state index contributed by atoms with van der Waals surface area (Å²) in [7, 11) is 0. The fourth-order valence-electron chi connectivity index (χ4n) is 4.73. The molecule has 0 saturated heterocycles. The lowest BCUT2D eigenvalue weighted by Gasteiger charge is -2.15. The third kappa shape index (κ3) is 5.07. The van der Waals surface area contributed by atoms with E-state index >= 15 is 0 Å². The Morgan fingerprint density at radius 1 is 0.297 bits per heavy atom. The van der Waals surface area contributed by atoms with Crippen molar-refractivity contribution in [2.45, 2.75) is 0 Å². The minimum atomic E-state index is 1.07. The van der Waals surface area contributed by atoms with E-state index in [1.54, 1.807) is 0 Å². The number of anilines is 2. The zero-order valence-corrected chi connectivity index (χ0v) is 20.5. The summed E-state index contributed by atoms with van der Waals surface area (Å²) in [6.45, 7) is 0. The molecule has 0 saturated carbocycles. The minimum absolute atomic E-state index is 1.07. The highest BCUT2D eigenvalue weighted by atomic mass is 14.9. The first-order valence-electron chi connectivity index (χ1n) is 12.6. The van der Waals surface area contributed by atoms with Crippen molar-refractivity contribution < 1.29 is 0 Å². The number of hydrogen-bond acceptors (Lipinski definition) is 1. The van der Waals surface area contributed by atoms with E-state index in [1.165, 1.54) is 44.5 Å². The molecule has 0 spiro atoms. The van der Waals surface area contributed by atoms with Crippen molar-refractivity contribution in [2.75, 3.05) is 5.32 Å². The zero-order chi connectivity index (χ0) is 24.9. The first-order chi connectivity index (χ1) is 18.3. The fourth-order valence-corrected chi connectivity index (χ4v) is 4.73. The van der Waals surface area contributed by atoms with Crippen LogP contribution in [0.1, 0.15) is 0 Å². The molecule has 1 nitrogen and oxygen atoms in total. The standard InChI is InChI=1S/C36H27N/c1-4-11-27(12-5-1)29-19-22-34(23-20-29)37-36-24-21-33(26-35(36)30-15-8-3-9-16-30)32-18-10-17-31(25-32)28-13-6-2-7-14-28/h1-26,37H. The third-order valence-corrected chi connectivity index (χ3v) is 6.68. The predicted octanol–water partition coefficient (Wildman–Crippen LogP) is 10.1. The second kappa shape index (κ2) is 10.4. The molecule has 176 valence electrons. The Morgan fingerprint density at radius 2 is 0.730 bits per heavy atom. The Labute approximate surface area is 218 Å². The van der Waals surface area contributed by atoms with E-state index in [2.05, 4.69) is 157 Å². The molecule has 0 aliphatic heterocycles. The van der Waals surface area contributed by atoms with Crippen LogP contribution in [0.5, 0.6) is 0 Å². The van der Waals surface area contributed by atoms with Crippen molar-refractivity contribution in [1.82, 2.24) is 0 Å². The van der Waals surface area contributed by atoms with E-state index in [0.29, 0.717) is 0 Å². The van der Waals surface area contributed by atoms with Gasteiger partial charge >= 0.3 is 0 Å². The van der Waals surface area contributed by atoms with Crippen molar-refractivity contribution in [3.05, 3.63) is 158 Å². The first kappa shape index (κ1) is 22.6. The first-order valence-corrected chi connectivity index (χ1v) is 12.6. The van der Waals surface area contributed by atoms with Crippen molar-refractivity contribution in [3.63, 3.8) is 0 Å². The lowest BCUT2D eigenvalue weighted by Crippen LogP contribution is -1.94. The summed E-state index contributed by atoms with van der Waals surface area (Å²) >= 11 is 0. The lowest BCUT2D eigenvalue weighted by molar-refractivity contribution is 1.52. The lowest BCUT2D eigenvalue weighted by atomic mass is 9.95. The van der Waals surface area contributed by atoms with Crippen molar-refractivity contribution in [2.24, 2.45) is 0 Å². The maximum absolute atomic E-state index is 3.67. The molecule has 37 heavy (non-hydrogen) atoms. The summed E-state index contributed by atoms with van der Waals surface area (Å²) in [5, 5.41) is 3.67. The molecule has 1 heteroatoms. The summed E-state index contributed by atoms with van der Waals surface area (Å²) in [6, 6.07) is 55.7. The molecule has 0 aliphatic carbocycles. The maximum Gasteiger partial charge on any atom is 0.0464 e. The van der Waals surface area contributed by atoms with Gasteiger partial charge in [0.15, 0.2) is 0 Å². The largest absolute Gasteiger partial charge is 0.355 e. The summed E-state index contributed by atoms with van der Waals surface area (Å²) in [5.74, 6) is 0. The highest BCUT2D eigenvalue weighted by Crippen LogP contribution is 2.36. The van der Waals surface area contributed by atoms with Crippen LogP contribution < -0.4 is 5.32 Å². The van der Waals surface area contributed by atoms with Gasteiger partial charge in [-0.2, -0.15) is 0 Å². The molecule has 0 aliphatic rings. The van der Waals surface area contributed by atoms with E-state index in [1.807, 2.05) is 6.07 Å². The van der Waals surface area contributed by atoms with Gasteiger partial charge in [0, 0.05) is 16.9 Å². The number of rotatable bonds is 6. The molecule has 1 N–H and O–H groups in total. The Hall–Kier alpha value is -4.88. The number of nitrogens with one attached hydrogen (secondary N) is 1. The molecule has 0 heterocycles. The highest BCUT2D eigenvalue weighted by Gasteiger charge is 2.10. The fraction of sp³-hybridized carbons (Fsp3) is 0. The Morgan fingerprint density at radius 3 is 1.35 bits per heavy atom. The average molecular weight is 474 g/mol. The van der Waals surface area contributed by atoms with Crippen LogP contribution in [-0.2, 0) is 0 Å². The molecular weight excluding hydrogens is 446 g/mol. The van der Waals surface area contributed by atoms with Crippen molar-refractivity contribution in [3.8, 4) is 44.5 Å². The van der Waals surface area contributed by atoms with Gasteiger partial charge in [-0.3, -0.25) is 0 Å². The molecule has 0 unspecified atom stereocenters. The second-order valence-electron chi connectivity index (χ2n) is 9.14. The maximum atomic E-state index is 3.67. The van der Waals surface area contributed by atoms with E-state index < -0.39 is 0 Å². The van der Waals surface area contributed by atoms with Gasteiger partial charge in [0.05, 0.1) is 0 Å². The van der Waals surface area contributed by atoms with E-state index in [-0.39, 0.29) is 0 Å². The van der Waals surface area contributed by atoms with Crippen LogP contribution in [0.15, 0.2) is 158 Å². The predicted molar refractivity (Wildman–Crippen MR) is 158 cm³/mol. The van der Waals surface area contributed by atoms with Crippen LogP contribution in [0.3, 0.4) is 0 Å².